The van der Waals surface area contributed by atoms with Crippen LogP contribution in [0.1, 0.15) is 5.56 Å². The highest BCUT2D eigenvalue weighted by atomic mass is 35.5. The standard InChI is InChI=1S/C8H10ClN/c9-8-3-1-2-7(6-8)4-5-10/h1-3,6H,4-5,10H2/p+1. The molecule has 10 heavy (non-hydrogen) atoms. The van der Waals surface area contributed by atoms with E-state index in [1.54, 1.807) is 0 Å². The molecule has 0 spiro atoms. The van der Waals surface area contributed by atoms with Crippen LogP contribution in [0, 0.1) is 0 Å². The first-order valence-electron chi connectivity index (χ1n) is 3.36. The minimum Gasteiger partial charge on any atom is -0.357 e. The Morgan fingerprint density at radius 3 is 2.80 bits per heavy atom. The second kappa shape index (κ2) is 3.59. The molecule has 3 N–H and O–H groups in total. The summed E-state index contributed by atoms with van der Waals surface area (Å²) in [6, 6.07) is 7.89. The van der Waals surface area contributed by atoms with Gasteiger partial charge in [0, 0.05) is 11.4 Å². The lowest BCUT2D eigenvalue weighted by Gasteiger charge is -1.95. The summed E-state index contributed by atoms with van der Waals surface area (Å²) in [4.78, 5) is 0. The van der Waals surface area contributed by atoms with Gasteiger partial charge < -0.3 is 5.73 Å². The minimum atomic E-state index is 0.811. The van der Waals surface area contributed by atoms with Crippen LogP contribution in [-0.2, 0) is 6.42 Å². The van der Waals surface area contributed by atoms with Crippen LogP contribution in [0.2, 0.25) is 5.02 Å². The van der Waals surface area contributed by atoms with Crippen molar-refractivity contribution in [2.24, 2.45) is 0 Å². The van der Waals surface area contributed by atoms with Crippen molar-refractivity contribution < 1.29 is 5.73 Å². The van der Waals surface area contributed by atoms with Crippen LogP contribution in [0.3, 0.4) is 0 Å². The van der Waals surface area contributed by atoms with E-state index in [4.69, 9.17) is 11.6 Å². The van der Waals surface area contributed by atoms with E-state index in [0.29, 0.717) is 0 Å². The molecule has 2 heteroatoms. The summed E-state index contributed by atoms with van der Waals surface area (Å²) >= 11 is 5.76. The highest BCUT2D eigenvalue weighted by molar-refractivity contribution is 6.30. The maximum absolute atomic E-state index is 5.76. The predicted octanol–water partition coefficient (Wildman–Crippen LogP) is 1.12. The van der Waals surface area contributed by atoms with E-state index in [1.165, 1.54) is 5.56 Å². The number of quaternary nitrogens is 1. The molecule has 0 bridgehead atoms. The fraction of sp³-hybridized carbons (Fsp3) is 0.250. The lowest BCUT2D eigenvalue weighted by atomic mass is 10.2. The third-order valence-corrected chi connectivity index (χ3v) is 1.59. The average molecular weight is 157 g/mol. The first kappa shape index (κ1) is 7.58. The lowest BCUT2D eigenvalue weighted by molar-refractivity contribution is -0.366. The second-order valence-electron chi connectivity index (χ2n) is 2.23. The van der Waals surface area contributed by atoms with E-state index in [2.05, 4.69) is 11.8 Å². The summed E-state index contributed by atoms with van der Waals surface area (Å²) in [6.45, 7) is 0.931. The van der Waals surface area contributed by atoms with Crippen molar-refractivity contribution in [1.82, 2.24) is 0 Å². The SMILES string of the molecule is [NH3+]CCc1cccc(Cl)c1. The highest BCUT2D eigenvalue weighted by Gasteiger charge is 1.91. The van der Waals surface area contributed by atoms with Crippen LogP contribution >= 0.6 is 11.6 Å². The Labute approximate surface area is 65.8 Å². The van der Waals surface area contributed by atoms with Gasteiger partial charge in [-0.1, -0.05) is 23.7 Å². The number of halogens is 1. The van der Waals surface area contributed by atoms with Crippen LogP contribution < -0.4 is 5.73 Å². The molecule has 0 saturated carbocycles. The summed E-state index contributed by atoms with van der Waals surface area (Å²) in [5.41, 5.74) is 5.03. The van der Waals surface area contributed by atoms with Crippen molar-refractivity contribution >= 4 is 11.6 Å². The molecule has 0 aliphatic carbocycles. The molecule has 0 radical (unpaired) electrons. The number of rotatable bonds is 2. The summed E-state index contributed by atoms with van der Waals surface area (Å²) in [7, 11) is 0. The zero-order valence-corrected chi connectivity index (χ0v) is 6.56. The molecular weight excluding hydrogens is 146 g/mol. The molecule has 1 rings (SSSR count). The van der Waals surface area contributed by atoms with E-state index in [9.17, 15) is 0 Å². The van der Waals surface area contributed by atoms with Gasteiger partial charge in [0.15, 0.2) is 0 Å². The molecule has 54 valence electrons. The van der Waals surface area contributed by atoms with Gasteiger partial charge in [0.05, 0.1) is 6.54 Å². The Hall–Kier alpha value is -0.530. The molecule has 0 atom stereocenters. The van der Waals surface area contributed by atoms with E-state index < -0.39 is 0 Å². The summed E-state index contributed by atoms with van der Waals surface area (Å²) in [5.74, 6) is 0. The van der Waals surface area contributed by atoms with E-state index in [0.717, 1.165) is 18.0 Å². The van der Waals surface area contributed by atoms with Gasteiger partial charge in [-0.05, 0) is 17.7 Å². The minimum absolute atomic E-state index is 0.811. The maximum Gasteiger partial charge on any atom is 0.0780 e. The normalized spacial score (nSPS) is 9.80. The van der Waals surface area contributed by atoms with E-state index in [-0.39, 0.29) is 0 Å². The first-order chi connectivity index (χ1) is 4.83. The van der Waals surface area contributed by atoms with Gasteiger partial charge in [0.2, 0.25) is 0 Å². The quantitative estimate of drug-likeness (QED) is 0.665. The molecule has 0 unspecified atom stereocenters. The van der Waals surface area contributed by atoms with Crippen molar-refractivity contribution in [3.8, 4) is 0 Å². The van der Waals surface area contributed by atoms with Crippen molar-refractivity contribution in [2.45, 2.75) is 6.42 Å². The smallest absolute Gasteiger partial charge is 0.0780 e. The summed E-state index contributed by atoms with van der Waals surface area (Å²) < 4.78 is 0. The van der Waals surface area contributed by atoms with E-state index in [1.807, 2.05) is 18.2 Å². The Morgan fingerprint density at radius 1 is 1.40 bits per heavy atom. The third-order valence-electron chi connectivity index (χ3n) is 1.35. The summed E-state index contributed by atoms with van der Waals surface area (Å²) in [5, 5.41) is 0.811. The average Bonchev–Trinajstić information content (AvgIpc) is 1.88. The fourth-order valence-corrected chi connectivity index (χ4v) is 1.11. The molecule has 1 nitrogen and oxygen atoms in total. The van der Waals surface area contributed by atoms with Crippen LogP contribution in [0.5, 0.6) is 0 Å². The van der Waals surface area contributed by atoms with Gasteiger partial charge in [-0.2, -0.15) is 0 Å². The molecule has 0 heterocycles. The molecule has 0 fully saturated rings. The molecule has 1 aromatic rings. The zero-order valence-electron chi connectivity index (χ0n) is 5.81. The van der Waals surface area contributed by atoms with Gasteiger partial charge >= 0.3 is 0 Å². The van der Waals surface area contributed by atoms with Crippen molar-refractivity contribution in [3.63, 3.8) is 0 Å². The molecule has 1 aromatic carbocycles. The van der Waals surface area contributed by atoms with Crippen LogP contribution in [0.4, 0.5) is 0 Å². The first-order valence-corrected chi connectivity index (χ1v) is 3.74. The van der Waals surface area contributed by atoms with Crippen LogP contribution in [-0.4, -0.2) is 6.54 Å². The highest BCUT2D eigenvalue weighted by Crippen LogP contribution is 2.10. The molecule has 0 saturated heterocycles. The second-order valence-corrected chi connectivity index (χ2v) is 2.67. The van der Waals surface area contributed by atoms with Gasteiger partial charge in [-0.25, -0.2) is 0 Å². The number of hydrogen-bond donors (Lipinski definition) is 1. The molecular formula is C8H11ClN+. The Bertz CT molecular complexity index is 210. The maximum atomic E-state index is 5.76. The number of benzene rings is 1. The monoisotopic (exact) mass is 156 g/mol. The van der Waals surface area contributed by atoms with Crippen molar-refractivity contribution in [1.29, 1.82) is 0 Å². The van der Waals surface area contributed by atoms with Crippen molar-refractivity contribution in [2.75, 3.05) is 6.54 Å². The third kappa shape index (κ3) is 2.01. The molecule has 0 aliphatic heterocycles. The van der Waals surface area contributed by atoms with Crippen LogP contribution in [0.25, 0.3) is 0 Å². The Kier molecular flexibility index (Phi) is 2.72. The van der Waals surface area contributed by atoms with Gasteiger partial charge in [-0.3, -0.25) is 0 Å². The van der Waals surface area contributed by atoms with Crippen LogP contribution in [0.15, 0.2) is 24.3 Å². The van der Waals surface area contributed by atoms with Crippen molar-refractivity contribution in [3.05, 3.63) is 34.9 Å². The molecule has 0 amide bonds. The van der Waals surface area contributed by atoms with E-state index >= 15 is 0 Å². The van der Waals surface area contributed by atoms with Gasteiger partial charge in [0.25, 0.3) is 0 Å². The predicted molar refractivity (Wildman–Crippen MR) is 42.9 cm³/mol. The molecule has 0 aromatic heterocycles. The van der Waals surface area contributed by atoms with Gasteiger partial charge in [-0.15, -0.1) is 0 Å². The Balaban J connectivity index is 2.75. The lowest BCUT2D eigenvalue weighted by Crippen LogP contribution is -2.51. The van der Waals surface area contributed by atoms with Gasteiger partial charge in [0.1, 0.15) is 0 Å². The zero-order chi connectivity index (χ0) is 7.40. The molecule has 0 aliphatic rings. The fourth-order valence-electron chi connectivity index (χ4n) is 0.897. The Morgan fingerprint density at radius 2 is 2.20 bits per heavy atom. The number of hydrogen-bond acceptors (Lipinski definition) is 0. The summed E-state index contributed by atoms with van der Waals surface area (Å²) in [6.07, 6.45) is 1.01. The largest absolute Gasteiger partial charge is 0.357 e. The topological polar surface area (TPSA) is 27.6 Å².